The van der Waals surface area contributed by atoms with Crippen LogP contribution in [0.2, 0.25) is 10.0 Å². The van der Waals surface area contributed by atoms with E-state index in [1.807, 2.05) is 11.8 Å². The molecule has 9 heteroatoms. The summed E-state index contributed by atoms with van der Waals surface area (Å²) < 4.78 is 26.9. The average molecular weight is 442 g/mol. The molecule has 0 saturated carbocycles. The molecule has 1 N–H and O–H groups in total. The van der Waals surface area contributed by atoms with Crippen LogP contribution in [0.4, 0.5) is 5.69 Å². The van der Waals surface area contributed by atoms with Crippen LogP contribution in [0.25, 0.3) is 0 Å². The van der Waals surface area contributed by atoms with Crippen LogP contribution in [-0.2, 0) is 14.8 Å². The molecule has 1 aliphatic rings. The van der Waals surface area contributed by atoms with Crippen LogP contribution in [-0.4, -0.2) is 56.3 Å². The molecule has 2 aromatic carbocycles. The monoisotopic (exact) mass is 441 g/mol. The Morgan fingerprint density at radius 3 is 2.25 bits per heavy atom. The molecule has 2 aromatic rings. The molecule has 28 heavy (non-hydrogen) atoms. The molecule has 0 spiro atoms. The summed E-state index contributed by atoms with van der Waals surface area (Å²) >= 11 is 11.8. The van der Waals surface area contributed by atoms with Gasteiger partial charge in [-0.25, -0.2) is 8.42 Å². The third kappa shape index (κ3) is 5.04. The highest BCUT2D eigenvalue weighted by molar-refractivity contribution is 7.89. The lowest BCUT2D eigenvalue weighted by Crippen LogP contribution is -2.50. The van der Waals surface area contributed by atoms with E-state index in [0.29, 0.717) is 46.8 Å². The molecule has 1 aliphatic heterocycles. The second-order valence-corrected chi connectivity index (χ2v) is 9.42. The molecule has 1 heterocycles. The number of amides is 1. The summed E-state index contributed by atoms with van der Waals surface area (Å²) in [5.41, 5.74) is 1.58. The number of sulfonamides is 1. The maximum absolute atomic E-state index is 12.7. The molecule has 0 bridgehead atoms. The van der Waals surface area contributed by atoms with Gasteiger partial charge in [0.2, 0.25) is 15.9 Å². The van der Waals surface area contributed by atoms with E-state index in [0.717, 1.165) is 5.56 Å². The lowest BCUT2D eigenvalue weighted by atomic mass is 10.2. The van der Waals surface area contributed by atoms with Crippen molar-refractivity contribution in [1.82, 2.24) is 9.21 Å². The van der Waals surface area contributed by atoms with Crippen LogP contribution in [0, 0.1) is 6.92 Å². The number of hydrogen-bond donors (Lipinski definition) is 1. The second kappa shape index (κ2) is 8.80. The number of carbonyl (C=O) groups is 1. The number of anilines is 1. The number of halogens is 2. The van der Waals surface area contributed by atoms with Crippen LogP contribution in [0.1, 0.15) is 5.56 Å². The summed E-state index contributed by atoms with van der Waals surface area (Å²) in [6, 6.07) is 11.7. The minimum Gasteiger partial charge on any atom is -0.325 e. The standard InChI is InChI=1S/C19H21Cl2N3O3S/c1-14-2-5-16(6-3-14)28(26,27)24-10-8-23(9-11-24)13-19(25)22-15-4-7-17(20)18(21)12-15/h2-7,12H,8-11,13H2,1H3,(H,22,25). The van der Waals surface area contributed by atoms with Crippen LogP contribution in [0.15, 0.2) is 47.4 Å². The Hall–Kier alpha value is -1.64. The Bertz CT molecular complexity index is 957. The highest BCUT2D eigenvalue weighted by Gasteiger charge is 2.29. The zero-order valence-electron chi connectivity index (χ0n) is 15.4. The quantitative estimate of drug-likeness (QED) is 0.772. The predicted molar refractivity (Wildman–Crippen MR) is 111 cm³/mol. The molecule has 0 atom stereocenters. The first-order valence-corrected chi connectivity index (χ1v) is 11.0. The summed E-state index contributed by atoms with van der Waals surface area (Å²) in [5.74, 6) is -0.187. The number of hydrogen-bond acceptors (Lipinski definition) is 4. The number of nitrogens with one attached hydrogen (secondary N) is 1. The van der Waals surface area contributed by atoms with E-state index in [1.165, 1.54) is 4.31 Å². The van der Waals surface area contributed by atoms with E-state index < -0.39 is 10.0 Å². The van der Waals surface area contributed by atoms with Crippen molar-refractivity contribution in [2.75, 3.05) is 38.0 Å². The van der Waals surface area contributed by atoms with Crippen molar-refractivity contribution in [3.8, 4) is 0 Å². The van der Waals surface area contributed by atoms with Gasteiger partial charge in [-0.2, -0.15) is 4.31 Å². The summed E-state index contributed by atoms with van der Waals surface area (Å²) in [5, 5.41) is 3.57. The van der Waals surface area contributed by atoms with Crippen molar-refractivity contribution >= 4 is 44.8 Å². The van der Waals surface area contributed by atoms with E-state index in [2.05, 4.69) is 5.32 Å². The Balaban J connectivity index is 1.54. The number of nitrogens with zero attached hydrogens (tertiary/aromatic N) is 2. The van der Waals surface area contributed by atoms with Gasteiger partial charge >= 0.3 is 0 Å². The van der Waals surface area contributed by atoms with Gasteiger partial charge in [-0.1, -0.05) is 40.9 Å². The van der Waals surface area contributed by atoms with Crippen molar-refractivity contribution in [1.29, 1.82) is 0 Å². The average Bonchev–Trinajstić information content (AvgIpc) is 2.65. The number of benzene rings is 2. The fraction of sp³-hybridized carbons (Fsp3) is 0.316. The molecule has 0 aromatic heterocycles. The zero-order valence-corrected chi connectivity index (χ0v) is 17.7. The molecular formula is C19H21Cl2N3O3S. The Kier molecular flexibility index (Phi) is 6.62. The molecule has 1 amide bonds. The van der Waals surface area contributed by atoms with Crippen molar-refractivity contribution in [2.45, 2.75) is 11.8 Å². The van der Waals surface area contributed by atoms with E-state index in [-0.39, 0.29) is 12.5 Å². The van der Waals surface area contributed by atoms with Crippen molar-refractivity contribution in [2.24, 2.45) is 0 Å². The van der Waals surface area contributed by atoms with Gasteiger partial charge in [-0.3, -0.25) is 9.69 Å². The van der Waals surface area contributed by atoms with Crippen molar-refractivity contribution < 1.29 is 13.2 Å². The van der Waals surface area contributed by atoms with Gasteiger partial charge in [0.05, 0.1) is 21.5 Å². The maximum atomic E-state index is 12.7. The molecule has 150 valence electrons. The fourth-order valence-corrected chi connectivity index (χ4v) is 4.69. The lowest BCUT2D eigenvalue weighted by Gasteiger charge is -2.33. The van der Waals surface area contributed by atoms with Gasteiger partial charge in [0, 0.05) is 31.9 Å². The van der Waals surface area contributed by atoms with Crippen LogP contribution < -0.4 is 5.32 Å². The lowest BCUT2D eigenvalue weighted by molar-refractivity contribution is -0.117. The third-order valence-corrected chi connectivity index (χ3v) is 7.21. The largest absolute Gasteiger partial charge is 0.325 e. The maximum Gasteiger partial charge on any atom is 0.243 e. The molecular weight excluding hydrogens is 421 g/mol. The summed E-state index contributed by atoms with van der Waals surface area (Å²) in [7, 11) is -3.51. The molecule has 0 aliphatic carbocycles. The predicted octanol–water partition coefficient (Wildman–Crippen LogP) is 3.25. The number of piperazine rings is 1. The molecule has 1 saturated heterocycles. The third-order valence-electron chi connectivity index (χ3n) is 4.56. The first-order chi connectivity index (χ1) is 13.3. The SMILES string of the molecule is Cc1ccc(S(=O)(=O)N2CCN(CC(=O)Nc3ccc(Cl)c(Cl)c3)CC2)cc1. The van der Waals surface area contributed by atoms with Gasteiger partial charge in [0.25, 0.3) is 0 Å². The first kappa shape index (κ1) is 21.1. The highest BCUT2D eigenvalue weighted by atomic mass is 35.5. The van der Waals surface area contributed by atoms with Gasteiger partial charge in [0.1, 0.15) is 0 Å². The van der Waals surface area contributed by atoms with Crippen LogP contribution in [0.3, 0.4) is 0 Å². The van der Waals surface area contributed by atoms with Gasteiger partial charge < -0.3 is 5.32 Å². The fourth-order valence-electron chi connectivity index (χ4n) is 2.96. The summed E-state index contributed by atoms with van der Waals surface area (Å²) in [6.45, 7) is 3.75. The molecule has 0 unspecified atom stereocenters. The normalized spacial score (nSPS) is 16.1. The topological polar surface area (TPSA) is 69.7 Å². The molecule has 0 radical (unpaired) electrons. The van der Waals surface area contributed by atoms with Gasteiger partial charge in [0.15, 0.2) is 0 Å². The second-order valence-electron chi connectivity index (χ2n) is 6.67. The van der Waals surface area contributed by atoms with Crippen molar-refractivity contribution in [3.63, 3.8) is 0 Å². The Labute approximate surface area is 175 Å². The molecule has 6 nitrogen and oxygen atoms in total. The van der Waals surface area contributed by atoms with Crippen LogP contribution in [0.5, 0.6) is 0 Å². The van der Waals surface area contributed by atoms with E-state index in [4.69, 9.17) is 23.2 Å². The highest BCUT2D eigenvalue weighted by Crippen LogP contribution is 2.25. The summed E-state index contributed by atoms with van der Waals surface area (Å²) in [4.78, 5) is 14.5. The Morgan fingerprint density at radius 1 is 1.00 bits per heavy atom. The minimum atomic E-state index is -3.51. The smallest absolute Gasteiger partial charge is 0.243 e. The van der Waals surface area contributed by atoms with E-state index in [9.17, 15) is 13.2 Å². The number of carbonyl (C=O) groups excluding carboxylic acids is 1. The van der Waals surface area contributed by atoms with Crippen LogP contribution >= 0.6 is 23.2 Å². The Morgan fingerprint density at radius 2 is 1.64 bits per heavy atom. The first-order valence-electron chi connectivity index (χ1n) is 8.80. The van der Waals surface area contributed by atoms with Gasteiger partial charge in [-0.15, -0.1) is 0 Å². The van der Waals surface area contributed by atoms with Gasteiger partial charge in [-0.05, 0) is 37.3 Å². The molecule has 3 rings (SSSR count). The minimum absolute atomic E-state index is 0.179. The summed E-state index contributed by atoms with van der Waals surface area (Å²) in [6.07, 6.45) is 0. The molecule has 1 fully saturated rings. The van der Waals surface area contributed by atoms with E-state index >= 15 is 0 Å². The number of rotatable bonds is 5. The van der Waals surface area contributed by atoms with Crippen molar-refractivity contribution in [3.05, 3.63) is 58.1 Å². The number of aryl methyl sites for hydroxylation is 1. The zero-order chi connectivity index (χ0) is 20.3. The van der Waals surface area contributed by atoms with E-state index in [1.54, 1.807) is 42.5 Å².